The number of carbonyl (C=O) groups excluding carboxylic acids is 2. The van der Waals surface area contributed by atoms with Crippen molar-refractivity contribution < 1.29 is 19.5 Å². The first-order valence-corrected chi connectivity index (χ1v) is 11.5. The van der Waals surface area contributed by atoms with Gasteiger partial charge in [-0.2, -0.15) is 0 Å². The van der Waals surface area contributed by atoms with Crippen LogP contribution in [0.4, 0.5) is 0 Å². The van der Waals surface area contributed by atoms with Crippen molar-refractivity contribution in [2.75, 3.05) is 26.2 Å². The molecule has 7 heteroatoms. The number of hydrogen-bond donors (Lipinski definition) is 3. The molecule has 0 aromatic heterocycles. The molecule has 1 aliphatic rings. The van der Waals surface area contributed by atoms with E-state index in [1.165, 1.54) is 5.56 Å². The van der Waals surface area contributed by atoms with Crippen LogP contribution in [0.1, 0.15) is 56.9 Å². The number of hydrogen-bond acceptors (Lipinski definition) is 4. The predicted molar refractivity (Wildman–Crippen MR) is 120 cm³/mol. The van der Waals surface area contributed by atoms with Gasteiger partial charge in [-0.25, -0.2) is 0 Å². The smallest absolute Gasteiger partial charge is 0.304 e. The molecule has 1 aliphatic heterocycles. The molecule has 2 amide bonds. The van der Waals surface area contributed by atoms with Crippen LogP contribution in [0.2, 0.25) is 0 Å². The molecule has 4 N–H and O–H groups in total. The lowest BCUT2D eigenvalue weighted by Crippen LogP contribution is -2.33. The largest absolute Gasteiger partial charge is 0.481 e. The molecule has 172 valence electrons. The van der Waals surface area contributed by atoms with Gasteiger partial charge in [0.05, 0.1) is 12.3 Å². The molecule has 0 spiro atoms. The van der Waals surface area contributed by atoms with Crippen LogP contribution in [0.3, 0.4) is 0 Å². The fourth-order valence-electron chi connectivity index (χ4n) is 4.20. The number of rotatable bonds is 15. The lowest BCUT2D eigenvalue weighted by Gasteiger charge is -2.17. The van der Waals surface area contributed by atoms with E-state index in [2.05, 4.69) is 17.4 Å². The molecule has 1 aromatic rings. The molecule has 1 heterocycles. The molecule has 0 saturated carbocycles. The molecule has 0 bridgehead atoms. The molecule has 7 nitrogen and oxygen atoms in total. The monoisotopic (exact) mass is 431 g/mol. The number of likely N-dealkylation sites (tertiary alicyclic amines) is 1. The highest BCUT2D eigenvalue weighted by Gasteiger charge is 2.41. The van der Waals surface area contributed by atoms with E-state index in [9.17, 15) is 19.5 Å². The zero-order valence-corrected chi connectivity index (χ0v) is 18.4. The highest BCUT2D eigenvalue weighted by molar-refractivity contribution is 5.85. The van der Waals surface area contributed by atoms with Crippen LogP contribution >= 0.6 is 0 Å². The molecule has 0 radical (unpaired) electrons. The summed E-state index contributed by atoms with van der Waals surface area (Å²) in [6.45, 7) is 2.17. The average molecular weight is 432 g/mol. The van der Waals surface area contributed by atoms with Crippen LogP contribution in [-0.2, 0) is 20.8 Å². The van der Waals surface area contributed by atoms with Gasteiger partial charge in [-0.05, 0) is 37.8 Å². The van der Waals surface area contributed by atoms with Gasteiger partial charge < -0.3 is 21.1 Å². The fraction of sp³-hybridized carbons (Fsp3) is 0.625. The lowest BCUT2D eigenvalue weighted by atomic mass is 9.92. The Morgan fingerprint density at radius 3 is 2.48 bits per heavy atom. The van der Waals surface area contributed by atoms with Gasteiger partial charge >= 0.3 is 5.97 Å². The quantitative estimate of drug-likeness (QED) is 0.370. The van der Waals surface area contributed by atoms with Crippen molar-refractivity contribution in [2.45, 2.75) is 57.8 Å². The molecular formula is C24H37N3O4. The zero-order valence-electron chi connectivity index (χ0n) is 18.4. The molecule has 1 saturated heterocycles. The predicted octanol–water partition coefficient (Wildman–Crippen LogP) is 2.58. The third-order valence-electron chi connectivity index (χ3n) is 5.95. The zero-order chi connectivity index (χ0) is 22.5. The summed E-state index contributed by atoms with van der Waals surface area (Å²) in [5, 5.41) is 12.2. The summed E-state index contributed by atoms with van der Waals surface area (Å²) in [5.41, 5.74) is 6.70. The maximum Gasteiger partial charge on any atom is 0.304 e. The molecule has 2 rings (SSSR count). The van der Waals surface area contributed by atoms with E-state index in [4.69, 9.17) is 5.73 Å². The van der Waals surface area contributed by atoms with E-state index in [0.717, 1.165) is 44.9 Å². The van der Waals surface area contributed by atoms with Crippen molar-refractivity contribution in [3.8, 4) is 0 Å². The number of amides is 2. The summed E-state index contributed by atoms with van der Waals surface area (Å²) < 4.78 is 0. The summed E-state index contributed by atoms with van der Waals surface area (Å²) in [7, 11) is 0. The average Bonchev–Trinajstić information content (AvgIpc) is 3.04. The standard InChI is InChI=1S/C24H37N3O4/c25-14-8-3-1-2-7-13-22(28)26-17-20-18-27(24(31)21(20)16-23(29)30)15-9-12-19-10-5-4-6-11-19/h4-6,10-11,20-21H,1-3,7-9,12-18,25H2,(H,26,28)(H,29,30). The number of nitrogens with one attached hydrogen (secondary N) is 1. The number of nitrogens with two attached hydrogens (primary N) is 1. The van der Waals surface area contributed by atoms with Gasteiger partial charge in [0.1, 0.15) is 0 Å². The Bertz CT molecular complexity index is 695. The van der Waals surface area contributed by atoms with Crippen LogP contribution in [0.25, 0.3) is 0 Å². The minimum absolute atomic E-state index is 0.0251. The van der Waals surface area contributed by atoms with Crippen LogP contribution in [-0.4, -0.2) is 54.0 Å². The van der Waals surface area contributed by atoms with Gasteiger partial charge in [-0.3, -0.25) is 14.4 Å². The van der Waals surface area contributed by atoms with Crippen LogP contribution in [0.15, 0.2) is 30.3 Å². The highest BCUT2D eigenvalue weighted by atomic mass is 16.4. The van der Waals surface area contributed by atoms with Crippen LogP contribution < -0.4 is 11.1 Å². The molecule has 2 unspecified atom stereocenters. The van der Waals surface area contributed by atoms with E-state index in [1.807, 2.05) is 18.2 Å². The second-order valence-electron chi connectivity index (χ2n) is 8.45. The maximum atomic E-state index is 12.8. The van der Waals surface area contributed by atoms with Gasteiger partial charge in [0.2, 0.25) is 11.8 Å². The van der Waals surface area contributed by atoms with Gasteiger partial charge in [0, 0.05) is 32.0 Å². The van der Waals surface area contributed by atoms with Crippen LogP contribution in [0, 0.1) is 11.8 Å². The first kappa shape index (κ1) is 24.9. The Morgan fingerprint density at radius 1 is 1.06 bits per heavy atom. The summed E-state index contributed by atoms with van der Waals surface area (Å²) >= 11 is 0. The maximum absolute atomic E-state index is 12.8. The number of aryl methyl sites for hydroxylation is 1. The van der Waals surface area contributed by atoms with Gasteiger partial charge in [0.25, 0.3) is 0 Å². The van der Waals surface area contributed by atoms with Crippen molar-refractivity contribution >= 4 is 17.8 Å². The minimum Gasteiger partial charge on any atom is -0.481 e. The van der Waals surface area contributed by atoms with Gasteiger partial charge in [-0.15, -0.1) is 0 Å². The summed E-state index contributed by atoms with van der Waals surface area (Å²) in [4.78, 5) is 38.0. The second-order valence-corrected chi connectivity index (χ2v) is 8.45. The van der Waals surface area contributed by atoms with E-state index < -0.39 is 11.9 Å². The Balaban J connectivity index is 1.76. The first-order chi connectivity index (χ1) is 15.0. The third kappa shape index (κ3) is 9.09. The van der Waals surface area contributed by atoms with E-state index in [0.29, 0.717) is 32.6 Å². The molecule has 1 fully saturated rings. The fourth-order valence-corrected chi connectivity index (χ4v) is 4.20. The topological polar surface area (TPSA) is 113 Å². The van der Waals surface area contributed by atoms with Crippen molar-refractivity contribution in [1.82, 2.24) is 10.2 Å². The Labute approximate surface area is 185 Å². The highest BCUT2D eigenvalue weighted by Crippen LogP contribution is 2.28. The van der Waals surface area contributed by atoms with Gasteiger partial charge in [0.15, 0.2) is 0 Å². The Hall–Kier alpha value is -2.41. The first-order valence-electron chi connectivity index (χ1n) is 11.5. The molecule has 2 atom stereocenters. The number of benzene rings is 1. The van der Waals surface area contributed by atoms with E-state index >= 15 is 0 Å². The molecule has 1 aromatic carbocycles. The number of carbonyl (C=O) groups is 3. The third-order valence-corrected chi connectivity index (χ3v) is 5.95. The summed E-state index contributed by atoms with van der Waals surface area (Å²) in [6, 6.07) is 10.1. The summed E-state index contributed by atoms with van der Waals surface area (Å²) in [5.74, 6) is -1.82. The lowest BCUT2D eigenvalue weighted by molar-refractivity contribution is -0.142. The van der Waals surface area contributed by atoms with E-state index in [-0.39, 0.29) is 24.2 Å². The van der Waals surface area contributed by atoms with Crippen molar-refractivity contribution in [3.05, 3.63) is 35.9 Å². The number of carboxylic acids is 1. The van der Waals surface area contributed by atoms with Crippen molar-refractivity contribution in [3.63, 3.8) is 0 Å². The SMILES string of the molecule is NCCCCCCCC(=O)NCC1CN(CCCc2ccccc2)C(=O)C1CC(=O)O. The van der Waals surface area contributed by atoms with Crippen molar-refractivity contribution in [2.24, 2.45) is 17.6 Å². The number of aliphatic carboxylic acids is 1. The molecule has 0 aliphatic carbocycles. The van der Waals surface area contributed by atoms with Gasteiger partial charge in [-0.1, -0.05) is 49.6 Å². The van der Waals surface area contributed by atoms with Crippen LogP contribution in [0.5, 0.6) is 0 Å². The number of nitrogens with zero attached hydrogens (tertiary/aromatic N) is 1. The number of unbranched alkanes of at least 4 members (excludes halogenated alkanes) is 4. The normalized spacial score (nSPS) is 18.4. The van der Waals surface area contributed by atoms with E-state index in [1.54, 1.807) is 4.90 Å². The minimum atomic E-state index is -0.974. The summed E-state index contributed by atoms with van der Waals surface area (Å²) in [6.07, 6.45) is 7.04. The second kappa shape index (κ2) is 13.8. The van der Waals surface area contributed by atoms with Crippen molar-refractivity contribution in [1.29, 1.82) is 0 Å². The Kier molecular flexibility index (Phi) is 11.1. The molecular weight excluding hydrogens is 394 g/mol. The molecule has 31 heavy (non-hydrogen) atoms. The number of carboxylic acid groups (broad SMARTS) is 1. The Morgan fingerprint density at radius 2 is 1.77 bits per heavy atom.